The molecule has 4 heteroatoms. The Balaban J connectivity index is 1.20. The Hall–Kier alpha value is -2.33. The third-order valence-electron chi connectivity index (χ3n) is 5.71. The SMILES string of the molecule is O=C(CC1CC2CCC(C1)N2)NCc1ccc(COc2ccccc2)cc1. The van der Waals surface area contributed by atoms with Crippen LogP contribution in [0.15, 0.2) is 54.6 Å². The van der Waals surface area contributed by atoms with Crippen LogP contribution >= 0.6 is 0 Å². The highest BCUT2D eigenvalue weighted by Gasteiger charge is 2.34. The minimum absolute atomic E-state index is 0.179. The molecule has 27 heavy (non-hydrogen) atoms. The molecule has 1 amide bonds. The van der Waals surface area contributed by atoms with Gasteiger partial charge in [-0.2, -0.15) is 0 Å². The van der Waals surface area contributed by atoms with Crippen molar-refractivity contribution in [3.8, 4) is 5.75 Å². The summed E-state index contributed by atoms with van der Waals surface area (Å²) in [5.74, 6) is 1.60. The fourth-order valence-corrected chi connectivity index (χ4v) is 4.31. The molecule has 0 aromatic heterocycles. The lowest BCUT2D eigenvalue weighted by Crippen LogP contribution is -2.39. The van der Waals surface area contributed by atoms with Crippen LogP contribution in [0.4, 0.5) is 0 Å². The van der Waals surface area contributed by atoms with Crippen molar-refractivity contribution in [3.05, 3.63) is 65.7 Å². The van der Waals surface area contributed by atoms with Gasteiger partial charge in [-0.15, -0.1) is 0 Å². The third-order valence-corrected chi connectivity index (χ3v) is 5.71. The van der Waals surface area contributed by atoms with Crippen LogP contribution in [-0.4, -0.2) is 18.0 Å². The lowest BCUT2D eigenvalue weighted by Gasteiger charge is -2.28. The minimum Gasteiger partial charge on any atom is -0.489 e. The number of nitrogens with one attached hydrogen (secondary N) is 2. The highest BCUT2D eigenvalue weighted by Crippen LogP contribution is 2.32. The van der Waals surface area contributed by atoms with Gasteiger partial charge in [0.15, 0.2) is 0 Å². The first kappa shape index (κ1) is 18.1. The normalized spacial score (nSPS) is 23.8. The van der Waals surface area contributed by atoms with Crippen molar-refractivity contribution in [2.75, 3.05) is 0 Å². The molecule has 0 saturated carbocycles. The molecule has 2 unspecified atom stereocenters. The summed E-state index contributed by atoms with van der Waals surface area (Å²) in [6, 6.07) is 19.4. The highest BCUT2D eigenvalue weighted by atomic mass is 16.5. The monoisotopic (exact) mass is 364 g/mol. The van der Waals surface area contributed by atoms with Crippen LogP contribution in [0.1, 0.15) is 43.2 Å². The maximum absolute atomic E-state index is 12.3. The lowest BCUT2D eigenvalue weighted by molar-refractivity contribution is -0.122. The van der Waals surface area contributed by atoms with Gasteiger partial charge in [-0.3, -0.25) is 4.79 Å². The molecule has 142 valence electrons. The number of para-hydroxylation sites is 1. The van der Waals surface area contributed by atoms with Crippen LogP contribution in [0, 0.1) is 5.92 Å². The standard InChI is InChI=1S/C23H28N2O2/c26-23(14-19-12-20-10-11-21(13-19)25-20)24-15-17-6-8-18(9-7-17)16-27-22-4-2-1-3-5-22/h1-9,19-21,25H,10-16H2,(H,24,26). The minimum atomic E-state index is 0.179. The van der Waals surface area contributed by atoms with Gasteiger partial charge in [-0.1, -0.05) is 42.5 Å². The first-order valence-electron chi connectivity index (χ1n) is 10.0. The molecule has 2 N–H and O–H groups in total. The summed E-state index contributed by atoms with van der Waals surface area (Å²) in [7, 11) is 0. The van der Waals surface area contributed by atoms with E-state index in [4.69, 9.17) is 4.74 Å². The van der Waals surface area contributed by atoms with Crippen molar-refractivity contribution in [3.63, 3.8) is 0 Å². The largest absolute Gasteiger partial charge is 0.489 e. The van der Waals surface area contributed by atoms with E-state index >= 15 is 0 Å². The Labute approximate surface area is 161 Å². The molecule has 2 aliphatic rings. The van der Waals surface area contributed by atoms with E-state index in [2.05, 4.69) is 34.9 Å². The highest BCUT2D eigenvalue weighted by molar-refractivity contribution is 5.76. The Morgan fingerprint density at radius 1 is 0.963 bits per heavy atom. The number of carbonyl (C=O) groups excluding carboxylic acids is 1. The van der Waals surface area contributed by atoms with Gasteiger partial charge in [0.25, 0.3) is 0 Å². The van der Waals surface area contributed by atoms with Crippen molar-refractivity contribution in [2.45, 2.75) is 57.3 Å². The van der Waals surface area contributed by atoms with Crippen molar-refractivity contribution in [1.29, 1.82) is 0 Å². The number of piperidine rings is 1. The van der Waals surface area contributed by atoms with Gasteiger partial charge in [-0.25, -0.2) is 0 Å². The van der Waals surface area contributed by atoms with Crippen molar-refractivity contribution in [2.24, 2.45) is 5.92 Å². The number of carbonyl (C=O) groups is 1. The van der Waals surface area contributed by atoms with E-state index < -0.39 is 0 Å². The van der Waals surface area contributed by atoms with Crippen molar-refractivity contribution in [1.82, 2.24) is 10.6 Å². The zero-order chi connectivity index (χ0) is 18.5. The summed E-state index contributed by atoms with van der Waals surface area (Å²) in [5.41, 5.74) is 2.25. The van der Waals surface area contributed by atoms with Crippen molar-refractivity contribution < 1.29 is 9.53 Å². The van der Waals surface area contributed by atoms with Gasteiger partial charge in [0.2, 0.25) is 5.91 Å². The number of hydrogen-bond donors (Lipinski definition) is 2. The van der Waals surface area contributed by atoms with Crippen LogP contribution in [0.5, 0.6) is 5.75 Å². The average Bonchev–Trinajstić information content (AvgIpc) is 3.04. The van der Waals surface area contributed by atoms with Gasteiger partial charge in [0.1, 0.15) is 12.4 Å². The quantitative estimate of drug-likeness (QED) is 0.786. The molecule has 2 saturated heterocycles. The van der Waals surface area contributed by atoms with Gasteiger partial charge in [-0.05, 0) is 54.9 Å². The summed E-state index contributed by atoms with van der Waals surface area (Å²) in [6.45, 7) is 1.14. The molecule has 0 radical (unpaired) electrons. The smallest absolute Gasteiger partial charge is 0.220 e. The van der Waals surface area contributed by atoms with E-state index in [-0.39, 0.29) is 5.91 Å². The van der Waals surface area contributed by atoms with Gasteiger partial charge in [0, 0.05) is 25.0 Å². The zero-order valence-electron chi connectivity index (χ0n) is 15.7. The summed E-state index contributed by atoms with van der Waals surface area (Å²) >= 11 is 0. The summed E-state index contributed by atoms with van der Waals surface area (Å²) in [6.07, 6.45) is 5.53. The van der Waals surface area contributed by atoms with E-state index in [0.29, 0.717) is 37.6 Å². The predicted octanol–water partition coefficient (Wildman–Crippen LogP) is 3.80. The fourth-order valence-electron chi connectivity index (χ4n) is 4.31. The average molecular weight is 364 g/mol. The van der Waals surface area contributed by atoms with Crippen LogP contribution in [0.2, 0.25) is 0 Å². The van der Waals surface area contributed by atoms with E-state index in [0.717, 1.165) is 29.7 Å². The van der Waals surface area contributed by atoms with E-state index in [1.807, 2.05) is 30.3 Å². The Morgan fingerprint density at radius 3 is 2.33 bits per heavy atom. The zero-order valence-corrected chi connectivity index (χ0v) is 15.7. The van der Waals surface area contributed by atoms with E-state index in [1.165, 1.54) is 12.8 Å². The summed E-state index contributed by atoms with van der Waals surface area (Å²) in [5, 5.41) is 6.72. The lowest BCUT2D eigenvalue weighted by atomic mass is 9.89. The first-order chi connectivity index (χ1) is 13.2. The molecular formula is C23H28N2O2. The van der Waals surface area contributed by atoms with Gasteiger partial charge < -0.3 is 15.4 Å². The summed E-state index contributed by atoms with van der Waals surface area (Å²) in [4.78, 5) is 12.3. The van der Waals surface area contributed by atoms with E-state index in [1.54, 1.807) is 0 Å². The third kappa shape index (κ3) is 5.10. The number of benzene rings is 2. The summed E-state index contributed by atoms with van der Waals surface area (Å²) < 4.78 is 5.76. The first-order valence-corrected chi connectivity index (χ1v) is 10.0. The molecule has 0 spiro atoms. The number of ether oxygens (including phenoxy) is 1. The van der Waals surface area contributed by atoms with Crippen molar-refractivity contribution >= 4 is 5.91 Å². The Morgan fingerprint density at radius 2 is 1.63 bits per heavy atom. The van der Waals surface area contributed by atoms with Gasteiger partial charge >= 0.3 is 0 Å². The molecular weight excluding hydrogens is 336 g/mol. The number of rotatable bonds is 7. The molecule has 2 bridgehead atoms. The second kappa shape index (κ2) is 8.57. The Kier molecular flexibility index (Phi) is 5.73. The maximum atomic E-state index is 12.3. The predicted molar refractivity (Wildman–Crippen MR) is 106 cm³/mol. The maximum Gasteiger partial charge on any atom is 0.220 e. The molecule has 2 aromatic rings. The number of hydrogen-bond acceptors (Lipinski definition) is 3. The Bertz CT molecular complexity index is 733. The molecule has 0 aliphatic carbocycles. The topological polar surface area (TPSA) is 50.4 Å². The van der Waals surface area contributed by atoms with Gasteiger partial charge in [0.05, 0.1) is 0 Å². The van der Waals surface area contributed by atoms with Crippen LogP contribution in [-0.2, 0) is 17.9 Å². The molecule has 2 aliphatic heterocycles. The number of fused-ring (bicyclic) bond motifs is 2. The fraction of sp³-hybridized carbons (Fsp3) is 0.435. The second-order valence-electron chi connectivity index (χ2n) is 7.87. The number of amides is 1. The molecule has 2 atom stereocenters. The van der Waals surface area contributed by atoms with E-state index in [9.17, 15) is 4.79 Å². The molecule has 2 fully saturated rings. The van der Waals surface area contributed by atoms with Crippen LogP contribution in [0.3, 0.4) is 0 Å². The molecule has 2 heterocycles. The van der Waals surface area contributed by atoms with Crippen LogP contribution < -0.4 is 15.4 Å². The molecule has 4 rings (SSSR count). The van der Waals surface area contributed by atoms with Crippen LogP contribution in [0.25, 0.3) is 0 Å². The molecule has 2 aromatic carbocycles. The molecule has 4 nitrogen and oxygen atoms in total. The second-order valence-corrected chi connectivity index (χ2v) is 7.87.